The second-order valence-electron chi connectivity index (χ2n) is 4.93. The fourth-order valence-corrected chi connectivity index (χ4v) is 1.19. The Hall–Kier alpha value is -0.590. The smallest absolute Gasteiger partial charge is 0.0256 e. The predicted molar refractivity (Wildman–Crippen MR) is 61.2 cm³/mol. The first-order chi connectivity index (χ1) is 5.85. The van der Waals surface area contributed by atoms with E-state index in [4.69, 9.17) is 0 Å². The highest BCUT2D eigenvalue weighted by molar-refractivity contribution is 5.82. The van der Waals surface area contributed by atoms with Gasteiger partial charge in [-0.15, -0.1) is 0 Å². The van der Waals surface area contributed by atoms with Crippen molar-refractivity contribution in [1.29, 1.82) is 0 Å². The van der Waals surface area contributed by atoms with Crippen molar-refractivity contribution in [2.24, 2.45) is 10.4 Å². The van der Waals surface area contributed by atoms with E-state index in [2.05, 4.69) is 46.5 Å². The van der Waals surface area contributed by atoms with E-state index in [-0.39, 0.29) is 0 Å². The first kappa shape index (κ1) is 12.4. The first-order valence-corrected chi connectivity index (χ1v) is 5.04. The van der Waals surface area contributed by atoms with E-state index < -0.39 is 0 Å². The normalized spacial score (nSPS) is 14.9. The molecule has 0 aliphatic rings. The number of allylic oxidation sites excluding steroid dienone is 1. The van der Waals surface area contributed by atoms with Gasteiger partial charge in [0.25, 0.3) is 0 Å². The van der Waals surface area contributed by atoms with E-state index >= 15 is 0 Å². The van der Waals surface area contributed by atoms with E-state index in [0.717, 1.165) is 12.8 Å². The minimum absolute atomic E-state index is 0.371. The summed E-state index contributed by atoms with van der Waals surface area (Å²) in [6.45, 7) is 13.1. The highest BCUT2D eigenvalue weighted by Crippen LogP contribution is 2.23. The SMILES string of the molecule is CCC(C)=N/C=C(\C)CC(C)(C)C. The van der Waals surface area contributed by atoms with Crippen LogP contribution in [0.25, 0.3) is 0 Å². The van der Waals surface area contributed by atoms with Crippen molar-refractivity contribution in [1.82, 2.24) is 0 Å². The van der Waals surface area contributed by atoms with Crippen LogP contribution in [0, 0.1) is 5.41 Å². The Balaban J connectivity index is 4.19. The lowest BCUT2D eigenvalue weighted by molar-refractivity contribution is 0.409. The van der Waals surface area contributed by atoms with Gasteiger partial charge in [-0.1, -0.05) is 33.3 Å². The van der Waals surface area contributed by atoms with Gasteiger partial charge in [-0.05, 0) is 32.1 Å². The third kappa shape index (κ3) is 7.76. The van der Waals surface area contributed by atoms with Gasteiger partial charge in [-0.2, -0.15) is 0 Å². The molecule has 0 atom stereocenters. The van der Waals surface area contributed by atoms with E-state index in [1.165, 1.54) is 11.3 Å². The second kappa shape index (κ2) is 5.21. The van der Waals surface area contributed by atoms with E-state index in [1.807, 2.05) is 6.20 Å². The zero-order chi connectivity index (χ0) is 10.5. The van der Waals surface area contributed by atoms with Crippen LogP contribution in [0.15, 0.2) is 16.8 Å². The first-order valence-electron chi connectivity index (χ1n) is 5.04. The Bertz CT molecular complexity index is 204. The monoisotopic (exact) mass is 181 g/mol. The second-order valence-corrected chi connectivity index (χ2v) is 4.93. The minimum Gasteiger partial charge on any atom is -0.266 e. The van der Waals surface area contributed by atoms with Gasteiger partial charge in [0.1, 0.15) is 0 Å². The summed E-state index contributed by atoms with van der Waals surface area (Å²) in [5.41, 5.74) is 2.93. The molecule has 1 heteroatoms. The fourth-order valence-electron chi connectivity index (χ4n) is 1.19. The third-order valence-corrected chi connectivity index (χ3v) is 1.83. The predicted octanol–water partition coefficient (Wildman–Crippen LogP) is 4.20. The molecule has 0 aromatic carbocycles. The molecule has 0 N–H and O–H groups in total. The van der Waals surface area contributed by atoms with Crippen molar-refractivity contribution in [2.45, 2.75) is 54.4 Å². The molecule has 0 aromatic rings. The lowest BCUT2D eigenvalue weighted by Gasteiger charge is -2.17. The van der Waals surface area contributed by atoms with Crippen LogP contribution in [0.5, 0.6) is 0 Å². The highest BCUT2D eigenvalue weighted by Gasteiger charge is 2.09. The Morgan fingerprint density at radius 2 is 1.77 bits per heavy atom. The molecule has 0 rings (SSSR count). The summed E-state index contributed by atoms with van der Waals surface area (Å²) < 4.78 is 0. The molecule has 0 amide bonds. The Kier molecular flexibility index (Phi) is 4.97. The van der Waals surface area contributed by atoms with Crippen LogP contribution in [-0.4, -0.2) is 5.71 Å². The summed E-state index contributed by atoms with van der Waals surface area (Å²) >= 11 is 0. The van der Waals surface area contributed by atoms with Crippen LogP contribution in [0.1, 0.15) is 54.4 Å². The summed E-state index contributed by atoms with van der Waals surface area (Å²) in [6.07, 6.45) is 4.16. The minimum atomic E-state index is 0.371. The quantitative estimate of drug-likeness (QED) is 0.579. The van der Waals surface area contributed by atoms with E-state index in [1.54, 1.807) is 0 Å². The van der Waals surface area contributed by atoms with Crippen LogP contribution in [-0.2, 0) is 0 Å². The van der Waals surface area contributed by atoms with Gasteiger partial charge in [-0.25, -0.2) is 0 Å². The maximum atomic E-state index is 4.38. The van der Waals surface area contributed by atoms with Crippen LogP contribution in [0.2, 0.25) is 0 Å². The number of nitrogens with zero attached hydrogens (tertiary/aromatic N) is 1. The summed E-state index contributed by atoms with van der Waals surface area (Å²) in [5, 5.41) is 0. The molecule has 0 saturated heterocycles. The average molecular weight is 181 g/mol. The fraction of sp³-hybridized carbons (Fsp3) is 0.750. The summed E-state index contributed by atoms with van der Waals surface area (Å²) in [4.78, 5) is 4.38. The molecule has 0 unspecified atom stereocenters. The van der Waals surface area contributed by atoms with Crippen LogP contribution in [0.3, 0.4) is 0 Å². The molecule has 0 aromatic heterocycles. The number of rotatable bonds is 3. The molecule has 76 valence electrons. The standard InChI is InChI=1S/C12H23N/c1-7-11(3)13-9-10(2)8-12(4,5)6/h9H,7-8H2,1-6H3/b10-9+,13-11?. The lowest BCUT2D eigenvalue weighted by Crippen LogP contribution is -2.04. The maximum Gasteiger partial charge on any atom is 0.0256 e. The summed E-state index contributed by atoms with van der Waals surface area (Å²) in [5.74, 6) is 0. The molecule has 1 nitrogen and oxygen atoms in total. The van der Waals surface area contributed by atoms with Crippen LogP contribution >= 0.6 is 0 Å². The molecular weight excluding hydrogens is 158 g/mol. The van der Waals surface area contributed by atoms with Crippen LogP contribution in [0.4, 0.5) is 0 Å². The largest absolute Gasteiger partial charge is 0.266 e. The van der Waals surface area contributed by atoms with Gasteiger partial charge in [0.2, 0.25) is 0 Å². The summed E-state index contributed by atoms with van der Waals surface area (Å²) in [6, 6.07) is 0. The van der Waals surface area contributed by atoms with Crippen molar-refractivity contribution in [3.05, 3.63) is 11.8 Å². The molecule has 13 heavy (non-hydrogen) atoms. The van der Waals surface area contributed by atoms with Gasteiger partial charge in [0.15, 0.2) is 0 Å². The lowest BCUT2D eigenvalue weighted by atomic mass is 9.89. The maximum absolute atomic E-state index is 4.38. The topological polar surface area (TPSA) is 12.4 Å². The van der Waals surface area contributed by atoms with Gasteiger partial charge in [0.05, 0.1) is 0 Å². The van der Waals surface area contributed by atoms with Gasteiger partial charge < -0.3 is 0 Å². The van der Waals surface area contributed by atoms with Gasteiger partial charge in [0, 0.05) is 11.9 Å². The molecule has 0 saturated carbocycles. The molecule has 0 spiro atoms. The molecule has 0 radical (unpaired) electrons. The number of hydrogen-bond acceptors (Lipinski definition) is 1. The molecule has 0 aliphatic heterocycles. The zero-order valence-electron chi connectivity index (χ0n) is 9.94. The average Bonchev–Trinajstić information content (AvgIpc) is 1.97. The van der Waals surface area contributed by atoms with Gasteiger partial charge >= 0.3 is 0 Å². The molecule has 0 bridgehead atoms. The Morgan fingerprint density at radius 3 is 2.15 bits per heavy atom. The summed E-state index contributed by atoms with van der Waals surface area (Å²) in [7, 11) is 0. The van der Waals surface area contributed by atoms with Crippen molar-refractivity contribution >= 4 is 5.71 Å². The Labute approximate surface area is 83.0 Å². The molecule has 0 fully saturated rings. The van der Waals surface area contributed by atoms with Crippen LogP contribution < -0.4 is 0 Å². The van der Waals surface area contributed by atoms with Crippen molar-refractivity contribution < 1.29 is 0 Å². The highest BCUT2D eigenvalue weighted by atomic mass is 14.7. The van der Waals surface area contributed by atoms with E-state index in [9.17, 15) is 0 Å². The Morgan fingerprint density at radius 1 is 1.23 bits per heavy atom. The molecule has 0 heterocycles. The van der Waals surface area contributed by atoms with Gasteiger partial charge in [-0.3, -0.25) is 4.99 Å². The van der Waals surface area contributed by atoms with Crippen molar-refractivity contribution in [3.8, 4) is 0 Å². The molecule has 0 aliphatic carbocycles. The number of aliphatic imine (C=N–C) groups is 1. The molecular formula is C12H23N. The number of hydrogen-bond donors (Lipinski definition) is 0. The van der Waals surface area contributed by atoms with Crippen molar-refractivity contribution in [2.75, 3.05) is 0 Å². The van der Waals surface area contributed by atoms with Crippen molar-refractivity contribution in [3.63, 3.8) is 0 Å². The van der Waals surface area contributed by atoms with E-state index in [0.29, 0.717) is 5.41 Å². The zero-order valence-corrected chi connectivity index (χ0v) is 9.94. The third-order valence-electron chi connectivity index (χ3n) is 1.83.